The van der Waals surface area contributed by atoms with Crippen LogP contribution in [0.4, 0.5) is 0 Å². The van der Waals surface area contributed by atoms with Crippen molar-refractivity contribution in [3.63, 3.8) is 0 Å². The van der Waals surface area contributed by atoms with Crippen LogP contribution in [0, 0.1) is 5.92 Å². The number of carbonyl (C=O) groups excluding carboxylic acids is 1. The number of aliphatic hydroxyl groups excluding tert-OH is 1. The van der Waals surface area contributed by atoms with Gasteiger partial charge in [-0.25, -0.2) is 0 Å². The largest absolute Gasteiger partial charge is 0.396 e. The summed E-state index contributed by atoms with van der Waals surface area (Å²) in [6, 6.07) is 0.290. The molecule has 80 valence electrons. The Balaban J connectivity index is 2.09. The zero-order chi connectivity index (χ0) is 10.3. The van der Waals surface area contributed by atoms with Crippen LogP contribution in [0.25, 0.3) is 0 Å². The third kappa shape index (κ3) is 1.25. The maximum atomic E-state index is 11.7. The van der Waals surface area contributed by atoms with Gasteiger partial charge in [0, 0.05) is 12.6 Å². The summed E-state index contributed by atoms with van der Waals surface area (Å²) in [5.41, 5.74) is -0.452. The molecular formula is C10H17NO3. The van der Waals surface area contributed by atoms with Gasteiger partial charge in [0.1, 0.15) is 5.72 Å². The van der Waals surface area contributed by atoms with Crippen LogP contribution in [0.2, 0.25) is 0 Å². The Hall–Kier alpha value is -0.610. The number of aliphatic hydroxyl groups is 1. The molecule has 2 heterocycles. The highest BCUT2D eigenvalue weighted by Crippen LogP contribution is 2.41. The van der Waals surface area contributed by atoms with Crippen molar-refractivity contribution in [3.05, 3.63) is 0 Å². The first-order chi connectivity index (χ1) is 6.58. The average molecular weight is 199 g/mol. The molecule has 0 bridgehead atoms. The molecule has 2 atom stereocenters. The SMILES string of the molecule is CC1(C)OCC[C@H]2[C@@H](CCO)C(=O)N21. The van der Waals surface area contributed by atoms with Gasteiger partial charge in [-0.1, -0.05) is 0 Å². The Labute approximate surface area is 83.8 Å². The van der Waals surface area contributed by atoms with E-state index in [0.29, 0.717) is 19.1 Å². The summed E-state index contributed by atoms with van der Waals surface area (Å²) in [6.45, 7) is 4.66. The van der Waals surface area contributed by atoms with Crippen LogP contribution in [0.3, 0.4) is 0 Å². The third-order valence-electron chi connectivity index (χ3n) is 3.24. The van der Waals surface area contributed by atoms with Crippen LogP contribution in [-0.2, 0) is 9.53 Å². The summed E-state index contributed by atoms with van der Waals surface area (Å²) in [6.07, 6.45) is 1.50. The van der Waals surface area contributed by atoms with Crippen LogP contribution in [0.15, 0.2) is 0 Å². The molecule has 0 aliphatic carbocycles. The highest BCUT2D eigenvalue weighted by atomic mass is 16.5. The molecule has 0 radical (unpaired) electrons. The Bertz CT molecular complexity index is 252. The summed E-state index contributed by atoms with van der Waals surface area (Å²) < 4.78 is 5.54. The maximum absolute atomic E-state index is 11.7. The lowest BCUT2D eigenvalue weighted by molar-refractivity contribution is -0.234. The quantitative estimate of drug-likeness (QED) is 0.653. The van der Waals surface area contributed by atoms with Gasteiger partial charge in [-0.3, -0.25) is 4.79 Å². The maximum Gasteiger partial charge on any atom is 0.230 e. The van der Waals surface area contributed by atoms with E-state index >= 15 is 0 Å². The van der Waals surface area contributed by atoms with Gasteiger partial charge in [-0.2, -0.15) is 0 Å². The van der Waals surface area contributed by atoms with Gasteiger partial charge in [0.05, 0.1) is 12.5 Å². The fraction of sp³-hybridized carbons (Fsp3) is 0.900. The molecule has 14 heavy (non-hydrogen) atoms. The number of ether oxygens (including phenoxy) is 1. The summed E-state index contributed by atoms with van der Waals surface area (Å²) in [4.78, 5) is 13.6. The average Bonchev–Trinajstić information content (AvgIpc) is 2.12. The van der Waals surface area contributed by atoms with Crippen LogP contribution < -0.4 is 0 Å². The lowest BCUT2D eigenvalue weighted by Gasteiger charge is -2.57. The molecule has 0 aromatic heterocycles. The second-order valence-electron chi connectivity index (χ2n) is 4.48. The van der Waals surface area contributed by atoms with Gasteiger partial charge in [-0.05, 0) is 26.7 Å². The zero-order valence-electron chi connectivity index (χ0n) is 8.69. The fourth-order valence-electron chi connectivity index (χ4n) is 2.55. The normalized spacial score (nSPS) is 35.1. The molecule has 1 N–H and O–H groups in total. The molecule has 2 aliphatic rings. The molecule has 4 nitrogen and oxygen atoms in total. The second kappa shape index (κ2) is 3.21. The van der Waals surface area contributed by atoms with E-state index in [1.54, 1.807) is 0 Å². The van der Waals surface area contributed by atoms with Crippen molar-refractivity contribution in [3.8, 4) is 0 Å². The lowest BCUT2D eigenvalue weighted by Crippen LogP contribution is -2.71. The van der Waals surface area contributed by atoms with Crippen LogP contribution in [-0.4, -0.2) is 40.9 Å². The van der Waals surface area contributed by atoms with E-state index in [-0.39, 0.29) is 18.4 Å². The molecule has 0 saturated carbocycles. The standard InChI is InChI=1S/C10H17NO3/c1-10(2)11-8(4-6-14-10)7(3-5-12)9(11)13/h7-8,12H,3-6H2,1-2H3/t7-,8+/m1/s1. The van der Waals surface area contributed by atoms with Gasteiger partial charge in [0.25, 0.3) is 0 Å². The predicted octanol–water partition coefficient (Wildman–Crippen LogP) is 0.352. The summed E-state index contributed by atoms with van der Waals surface area (Å²) >= 11 is 0. The van der Waals surface area contributed by atoms with Gasteiger partial charge in [-0.15, -0.1) is 0 Å². The molecule has 2 rings (SSSR count). The van der Waals surface area contributed by atoms with Gasteiger partial charge in [0.15, 0.2) is 0 Å². The summed E-state index contributed by atoms with van der Waals surface area (Å²) in [5.74, 6) is 0.164. The van der Waals surface area contributed by atoms with E-state index in [0.717, 1.165) is 6.42 Å². The van der Waals surface area contributed by atoms with Crippen molar-refractivity contribution < 1.29 is 14.6 Å². The van der Waals surface area contributed by atoms with Gasteiger partial charge >= 0.3 is 0 Å². The van der Waals surface area contributed by atoms with Crippen molar-refractivity contribution in [1.29, 1.82) is 0 Å². The Morgan fingerprint density at radius 3 is 3.00 bits per heavy atom. The van der Waals surface area contributed by atoms with E-state index in [4.69, 9.17) is 9.84 Å². The predicted molar refractivity (Wildman–Crippen MR) is 50.5 cm³/mol. The number of amides is 1. The lowest BCUT2D eigenvalue weighted by atomic mass is 9.80. The smallest absolute Gasteiger partial charge is 0.230 e. The second-order valence-corrected chi connectivity index (χ2v) is 4.48. The van der Waals surface area contributed by atoms with Crippen molar-refractivity contribution in [1.82, 2.24) is 4.90 Å². The summed E-state index contributed by atoms with van der Waals surface area (Å²) in [5, 5.41) is 8.84. The van der Waals surface area contributed by atoms with E-state index in [1.165, 1.54) is 0 Å². The van der Waals surface area contributed by atoms with Gasteiger partial charge < -0.3 is 14.7 Å². The first-order valence-corrected chi connectivity index (χ1v) is 5.16. The van der Waals surface area contributed by atoms with E-state index in [1.807, 2.05) is 18.7 Å². The number of β-lactam (4-membered cyclic amide) rings is 1. The van der Waals surface area contributed by atoms with E-state index < -0.39 is 5.72 Å². The molecule has 2 fully saturated rings. The minimum Gasteiger partial charge on any atom is -0.396 e. The summed E-state index contributed by atoms with van der Waals surface area (Å²) in [7, 11) is 0. The zero-order valence-corrected chi connectivity index (χ0v) is 8.69. The van der Waals surface area contributed by atoms with Crippen LogP contribution in [0.1, 0.15) is 26.7 Å². The number of nitrogens with zero attached hydrogens (tertiary/aromatic N) is 1. The number of carbonyl (C=O) groups is 1. The first kappa shape index (κ1) is 9.93. The molecule has 1 amide bonds. The van der Waals surface area contributed by atoms with E-state index in [9.17, 15) is 4.79 Å². The fourth-order valence-corrected chi connectivity index (χ4v) is 2.55. The molecule has 0 aromatic rings. The van der Waals surface area contributed by atoms with E-state index in [2.05, 4.69) is 0 Å². The molecule has 0 spiro atoms. The van der Waals surface area contributed by atoms with Crippen molar-refractivity contribution in [2.75, 3.05) is 13.2 Å². The van der Waals surface area contributed by atoms with Crippen molar-refractivity contribution in [2.45, 2.75) is 38.5 Å². The Morgan fingerprint density at radius 2 is 2.36 bits per heavy atom. The highest BCUT2D eigenvalue weighted by Gasteiger charge is 2.54. The molecule has 0 unspecified atom stereocenters. The molecular weight excluding hydrogens is 182 g/mol. The molecule has 2 aliphatic heterocycles. The van der Waals surface area contributed by atoms with Crippen molar-refractivity contribution in [2.24, 2.45) is 5.92 Å². The monoisotopic (exact) mass is 199 g/mol. The Morgan fingerprint density at radius 1 is 1.64 bits per heavy atom. The number of fused-ring (bicyclic) bond motifs is 1. The highest BCUT2D eigenvalue weighted by molar-refractivity contribution is 5.86. The van der Waals surface area contributed by atoms with Crippen LogP contribution in [0.5, 0.6) is 0 Å². The minimum atomic E-state index is -0.452. The molecule has 4 heteroatoms. The number of hydrogen-bond donors (Lipinski definition) is 1. The van der Waals surface area contributed by atoms with Gasteiger partial charge in [0.2, 0.25) is 5.91 Å². The number of hydrogen-bond acceptors (Lipinski definition) is 3. The topological polar surface area (TPSA) is 49.8 Å². The third-order valence-corrected chi connectivity index (χ3v) is 3.24. The first-order valence-electron chi connectivity index (χ1n) is 5.16. The van der Waals surface area contributed by atoms with Crippen molar-refractivity contribution >= 4 is 5.91 Å². The minimum absolute atomic E-state index is 0.0307. The molecule has 2 saturated heterocycles. The number of rotatable bonds is 2. The Kier molecular flexibility index (Phi) is 2.27. The van der Waals surface area contributed by atoms with Crippen LogP contribution >= 0.6 is 0 Å². The molecule has 0 aromatic carbocycles.